The van der Waals surface area contributed by atoms with Crippen molar-refractivity contribution < 1.29 is 4.74 Å². The van der Waals surface area contributed by atoms with E-state index >= 15 is 0 Å². The van der Waals surface area contributed by atoms with Gasteiger partial charge in [-0.05, 0) is 58.9 Å². The van der Waals surface area contributed by atoms with Crippen LogP contribution in [-0.2, 0) is 6.42 Å². The molecule has 154 valence electrons. The van der Waals surface area contributed by atoms with E-state index in [0.717, 1.165) is 18.8 Å². The van der Waals surface area contributed by atoms with Crippen LogP contribution in [0.4, 0.5) is 0 Å². The fourth-order valence-corrected chi connectivity index (χ4v) is 4.02. The van der Waals surface area contributed by atoms with Gasteiger partial charge in [-0.25, -0.2) is 0 Å². The van der Waals surface area contributed by atoms with Crippen molar-refractivity contribution in [3.05, 3.63) is 66.2 Å². The van der Waals surface area contributed by atoms with Crippen LogP contribution in [-0.4, -0.2) is 6.61 Å². The molecule has 0 aromatic heterocycles. The topological polar surface area (TPSA) is 9.23 Å². The maximum atomic E-state index is 5.91. The molecule has 3 aromatic rings. The summed E-state index contributed by atoms with van der Waals surface area (Å²) >= 11 is 0. The van der Waals surface area contributed by atoms with Crippen LogP contribution in [0.2, 0.25) is 0 Å². The fraction of sp³-hybridized carbons (Fsp3) is 0.429. The van der Waals surface area contributed by atoms with Crippen molar-refractivity contribution in [2.24, 2.45) is 0 Å². The quantitative estimate of drug-likeness (QED) is 0.282. The van der Waals surface area contributed by atoms with Crippen molar-refractivity contribution in [2.75, 3.05) is 6.61 Å². The normalized spacial score (nSPS) is 11.1. The van der Waals surface area contributed by atoms with Crippen LogP contribution in [0, 0.1) is 0 Å². The van der Waals surface area contributed by atoms with Crippen LogP contribution < -0.4 is 4.74 Å². The van der Waals surface area contributed by atoms with Gasteiger partial charge in [0.1, 0.15) is 5.75 Å². The van der Waals surface area contributed by atoms with E-state index in [1.54, 1.807) is 0 Å². The van der Waals surface area contributed by atoms with E-state index in [4.69, 9.17) is 4.74 Å². The number of rotatable bonds is 12. The number of hydrogen-bond acceptors (Lipinski definition) is 1. The summed E-state index contributed by atoms with van der Waals surface area (Å²) in [6, 6.07) is 22.1. The van der Waals surface area contributed by atoms with Gasteiger partial charge in [0.2, 0.25) is 0 Å². The first-order chi connectivity index (χ1) is 14.3. The first kappa shape index (κ1) is 21.4. The van der Waals surface area contributed by atoms with E-state index in [2.05, 4.69) is 74.5 Å². The molecule has 3 rings (SSSR count). The zero-order valence-corrected chi connectivity index (χ0v) is 18.3. The molecule has 0 N–H and O–H groups in total. The average molecular weight is 389 g/mol. The van der Waals surface area contributed by atoms with Gasteiger partial charge in [0.05, 0.1) is 6.61 Å². The molecule has 0 spiro atoms. The summed E-state index contributed by atoms with van der Waals surface area (Å²) in [6.07, 6.45) is 11.4. The van der Waals surface area contributed by atoms with Crippen LogP contribution in [0.5, 0.6) is 5.75 Å². The second kappa shape index (κ2) is 11.7. The molecule has 29 heavy (non-hydrogen) atoms. The van der Waals surface area contributed by atoms with Gasteiger partial charge in [0.25, 0.3) is 0 Å². The summed E-state index contributed by atoms with van der Waals surface area (Å²) < 4.78 is 5.91. The minimum Gasteiger partial charge on any atom is -0.494 e. The zero-order chi connectivity index (χ0) is 20.3. The number of fused-ring (bicyclic) bond motifs is 1. The summed E-state index contributed by atoms with van der Waals surface area (Å²) in [5.74, 6) is 0.974. The molecule has 0 aliphatic carbocycles. The third-order valence-corrected chi connectivity index (χ3v) is 5.75. The number of benzene rings is 3. The Balaban J connectivity index is 1.72. The first-order valence-corrected chi connectivity index (χ1v) is 11.6. The lowest BCUT2D eigenvalue weighted by atomic mass is 9.93. The maximum absolute atomic E-state index is 5.91. The molecule has 0 unspecified atom stereocenters. The van der Waals surface area contributed by atoms with Gasteiger partial charge in [-0.2, -0.15) is 0 Å². The van der Waals surface area contributed by atoms with Crippen LogP contribution in [0.15, 0.2) is 60.7 Å². The number of aryl methyl sites for hydroxylation is 1. The Morgan fingerprint density at radius 1 is 0.621 bits per heavy atom. The third-order valence-electron chi connectivity index (χ3n) is 5.75. The van der Waals surface area contributed by atoms with Crippen molar-refractivity contribution >= 4 is 10.8 Å². The number of unbranched alkanes of at least 4 members (excludes halogenated alkanes) is 6. The molecule has 0 aliphatic rings. The monoisotopic (exact) mass is 388 g/mol. The predicted molar refractivity (Wildman–Crippen MR) is 127 cm³/mol. The average Bonchev–Trinajstić information content (AvgIpc) is 2.77. The van der Waals surface area contributed by atoms with E-state index < -0.39 is 0 Å². The zero-order valence-electron chi connectivity index (χ0n) is 18.3. The molecule has 0 atom stereocenters. The van der Waals surface area contributed by atoms with Crippen LogP contribution in [0.25, 0.3) is 21.9 Å². The van der Waals surface area contributed by atoms with E-state index in [0.29, 0.717) is 0 Å². The van der Waals surface area contributed by atoms with E-state index in [9.17, 15) is 0 Å². The molecular weight excluding hydrogens is 352 g/mol. The van der Waals surface area contributed by atoms with E-state index in [-0.39, 0.29) is 0 Å². The highest BCUT2D eigenvalue weighted by Crippen LogP contribution is 2.32. The van der Waals surface area contributed by atoms with Crippen molar-refractivity contribution in [1.82, 2.24) is 0 Å². The Hall–Kier alpha value is -2.28. The van der Waals surface area contributed by atoms with Gasteiger partial charge in [0, 0.05) is 0 Å². The van der Waals surface area contributed by atoms with Gasteiger partial charge in [0.15, 0.2) is 0 Å². The summed E-state index contributed by atoms with van der Waals surface area (Å²) in [7, 11) is 0. The van der Waals surface area contributed by atoms with Crippen LogP contribution >= 0.6 is 0 Å². The number of ether oxygens (including phenoxy) is 1. The molecular formula is C28H36O. The van der Waals surface area contributed by atoms with Crippen LogP contribution in [0.3, 0.4) is 0 Å². The molecule has 1 heteroatoms. The van der Waals surface area contributed by atoms with Gasteiger partial charge in [-0.1, -0.05) is 101 Å². The molecule has 0 aliphatic heterocycles. The Morgan fingerprint density at radius 2 is 1.31 bits per heavy atom. The molecule has 1 nitrogen and oxygen atoms in total. The van der Waals surface area contributed by atoms with Crippen molar-refractivity contribution in [1.29, 1.82) is 0 Å². The van der Waals surface area contributed by atoms with Gasteiger partial charge in [-0.15, -0.1) is 0 Å². The lowest BCUT2D eigenvalue weighted by Crippen LogP contribution is -1.97. The highest BCUT2D eigenvalue weighted by molar-refractivity contribution is 5.98. The lowest BCUT2D eigenvalue weighted by Gasteiger charge is -2.13. The molecule has 0 amide bonds. The summed E-state index contributed by atoms with van der Waals surface area (Å²) in [5.41, 5.74) is 4.05. The molecule has 0 heterocycles. The molecule has 0 fully saturated rings. The molecule has 3 aromatic carbocycles. The van der Waals surface area contributed by atoms with Crippen molar-refractivity contribution in [3.8, 4) is 16.9 Å². The second-order valence-electron chi connectivity index (χ2n) is 8.06. The minimum absolute atomic E-state index is 0.814. The van der Waals surface area contributed by atoms with Gasteiger partial charge < -0.3 is 4.74 Å². The standard InChI is InChI=1S/C28H36O/c1-3-5-7-9-13-23-18-21-27(28-15-11-10-14-26(23)28)24-16-19-25(20-17-24)29-22-12-8-6-4-2/h10-11,14-21H,3-9,12-13,22H2,1-2H3. The first-order valence-electron chi connectivity index (χ1n) is 11.6. The van der Waals surface area contributed by atoms with E-state index in [1.165, 1.54) is 78.8 Å². The Morgan fingerprint density at radius 3 is 2.03 bits per heavy atom. The predicted octanol–water partition coefficient (Wildman–Crippen LogP) is 8.59. The second-order valence-corrected chi connectivity index (χ2v) is 8.06. The third kappa shape index (κ3) is 6.10. The van der Waals surface area contributed by atoms with Crippen LogP contribution in [0.1, 0.15) is 70.8 Å². The summed E-state index contributed by atoms with van der Waals surface area (Å²) in [6.45, 7) is 5.32. The largest absolute Gasteiger partial charge is 0.494 e. The highest BCUT2D eigenvalue weighted by atomic mass is 16.5. The Labute approximate surface area is 177 Å². The van der Waals surface area contributed by atoms with Crippen molar-refractivity contribution in [2.45, 2.75) is 71.6 Å². The minimum atomic E-state index is 0.814. The maximum Gasteiger partial charge on any atom is 0.119 e. The highest BCUT2D eigenvalue weighted by Gasteiger charge is 2.08. The smallest absolute Gasteiger partial charge is 0.119 e. The van der Waals surface area contributed by atoms with E-state index in [1.807, 2.05) is 0 Å². The summed E-state index contributed by atoms with van der Waals surface area (Å²) in [4.78, 5) is 0. The van der Waals surface area contributed by atoms with Gasteiger partial charge >= 0.3 is 0 Å². The Bertz CT molecular complexity index is 863. The number of hydrogen-bond donors (Lipinski definition) is 0. The van der Waals surface area contributed by atoms with Crippen molar-refractivity contribution in [3.63, 3.8) is 0 Å². The molecule has 0 saturated carbocycles. The molecule has 0 bridgehead atoms. The molecule has 0 radical (unpaired) electrons. The fourth-order valence-electron chi connectivity index (χ4n) is 4.02. The lowest BCUT2D eigenvalue weighted by molar-refractivity contribution is 0.305. The Kier molecular flexibility index (Phi) is 8.61. The summed E-state index contributed by atoms with van der Waals surface area (Å²) in [5, 5.41) is 2.76. The SMILES string of the molecule is CCCCCCOc1ccc(-c2ccc(CCCCCC)c3ccccc23)cc1. The van der Waals surface area contributed by atoms with Gasteiger partial charge in [-0.3, -0.25) is 0 Å². The molecule has 0 saturated heterocycles.